The van der Waals surface area contributed by atoms with Crippen molar-refractivity contribution in [1.82, 2.24) is 5.32 Å². The number of halogens is 2. The minimum Gasteiger partial charge on any atom is -0.484 e. The van der Waals surface area contributed by atoms with Crippen molar-refractivity contribution >= 4 is 52.3 Å². The van der Waals surface area contributed by atoms with E-state index >= 15 is 0 Å². The van der Waals surface area contributed by atoms with Gasteiger partial charge in [-0.15, -0.1) is 0 Å². The summed E-state index contributed by atoms with van der Waals surface area (Å²) in [4.78, 5) is 38.4. The van der Waals surface area contributed by atoms with E-state index in [4.69, 9.17) is 27.9 Å². The molecule has 0 spiro atoms. The van der Waals surface area contributed by atoms with Gasteiger partial charge in [-0.1, -0.05) is 37.0 Å². The average Bonchev–Trinajstić information content (AvgIpc) is 3.15. The molecule has 1 saturated heterocycles. The number of nitrogens with zero attached hydrogens (tertiary/aromatic N) is 1. The number of carbonyl (C=O) groups excluding carboxylic acids is 3. The van der Waals surface area contributed by atoms with Crippen LogP contribution in [0, 0.1) is 11.8 Å². The Morgan fingerprint density at radius 2 is 1.84 bits per heavy atom. The number of hydrogen-bond acceptors (Lipinski definition) is 4. The van der Waals surface area contributed by atoms with Crippen molar-refractivity contribution in [3.05, 3.63) is 52.5 Å². The summed E-state index contributed by atoms with van der Waals surface area (Å²) in [6, 6.07) is 11.6. The third-order valence-electron chi connectivity index (χ3n) is 4.90. The molecule has 0 aliphatic carbocycles. The van der Waals surface area contributed by atoms with Crippen LogP contribution in [0.15, 0.2) is 42.5 Å². The largest absolute Gasteiger partial charge is 0.484 e. The molecular weight excluding hydrogens is 453 g/mol. The molecule has 2 aromatic carbocycles. The molecule has 1 aliphatic heterocycles. The van der Waals surface area contributed by atoms with Crippen molar-refractivity contribution in [3.63, 3.8) is 0 Å². The first-order valence-corrected chi connectivity index (χ1v) is 11.0. The van der Waals surface area contributed by atoms with Crippen LogP contribution in [0.3, 0.4) is 0 Å². The Balaban J connectivity index is 1.51. The molecule has 32 heavy (non-hydrogen) atoms. The third-order valence-corrected chi connectivity index (χ3v) is 5.64. The Hall–Kier alpha value is -2.77. The van der Waals surface area contributed by atoms with Crippen molar-refractivity contribution in [2.75, 3.05) is 29.9 Å². The van der Waals surface area contributed by atoms with Crippen LogP contribution in [0.5, 0.6) is 5.75 Å². The van der Waals surface area contributed by atoms with Crippen LogP contribution in [-0.2, 0) is 14.4 Å². The molecule has 0 radical (unpaired) electrons. The molecule has 9 heteroatoms. The van der Waals surface area contributed by atoms with E-state index in [1.165, 1.54) is 0 Å². The van der Waals surface area contributed by atoms with E-state index in [9.17, 15) is 14.4 Å². The van der Waals surface area contributed by atoms with Crippen LogP contribution in [-0.4, -0.2) is 37.4 Å². The standard InChI is InChI=1S/C23H25Cl2N3O4/c1-14(2)11-26-23(31)15-9-22(30)28(12-15)17-4-6-18(7-5-17)32-13-21(29)27-16-3-8-19(24)20(25)10-16/h3-8,10,14-15H,9,11-13H2,1-2H3,(H,26,31)(H,27,29)/t15-/m1/s1. The molecule has 2 N–H and O–H groups in total. The third kappa shape index (κ3) is 6.37. The Kier molecular flexibility index (Phi) is 7.99. The number of carbonyl (C=O) groups is 3. The van der Waals surface area contributed by atoms with E-state index in [1.54, 1.807) is 47.4 Å². The van der Waals surface area contributed by atoms with Crippen LogP contribution in [0.1, 0.15) is 20.3 Å². The lowest BCUT2D eigenvalue weighted by Crippen LogP contribution is -2.35. The first-order chi connectivity index (χ1) is 15.2. The van der Waals surface area contributed by atoms with Crippen LogP contribution in [0.25, 0.3) is 0 Å². The molecule has 0 unspecified atom stereocenters. The van der Waals surface area contributed by atoms with Crippen molar-refractivity contribution in [2.24, 2.45) is 11.8 Å². The van der Waals surface area contributed by atoms with Crippen LogP contribution >= 0.6 is 23.2 Å². The second kappa shape index (κ2) is 10.7. The van der Waals surface area contributed by atoms with E-state index in [2.05, 4.69) is 10.6 Å². The number of anilines is 2. The first kappa shape index (κ1) is 23.9. The highest BCUT2D eigenvalue weighted by atomic mass is 35.5. The van der Waals surface area contributed by atoms with Gasteiger partial charge in [0.25, 0.3) is 5.91 Å². The van der Waals surface area contributed by atoms with Gasteiger partial charge in [-0.2, -0.15) is 0 Å². The quantitative estimate of drug-likeness (QED) is 0.597. The number of benzene rings is 2. The van der Waals surface area contributed by atoms with Gasteiger partial charge >= 0.3 is 0 Å². The van der Waals surface area contributed by atoms with Gasteiger partial charge in [-0.05, 0) is 48.4 Å². The Bertz CT molecular complexity index is 995. The summed E-state index contributed by atoms with van der Waals surface area (Å²) in [7, 11) is 0. The lowest BCUT2D eigenvalue weighted by atomic mass is 10.1. The number of ether oxygens (including phenoxy) is 1. The maximum Gasteiger partial charge on any atom is 0.262 e. The summed E-state index contributed by atoms with van der Waals surface area (Å²) in [5.41, 5.74) is 1.20. The summed E-state index contributed by atoms with van der Waals surface area (Å²) < 4.78 is 5.51. The maximum atomic E-state index is 12.4. The Morgan fingerprint density at radius 3 is 2.50 bits per heavy atom. The monoisotopic (exact) mass is 477 g/mol. The number of rotatable bonds is 8. The van der Waals surface area contributed by atoms with Gasteiger partial charge in [0.05, 0.1) is 16.0 Å². The van der Waals surface area contributed by atoms with E-state index in [0.717, 1.165) is 0 Å². The van der Waals surface area contributed by atoms with Crippen LogP contribution in [0.4, 0.5) is 11.4 Å². The molecular formula is C23H25Cl2N3O4. The summed E-state index contributed by atoms with van der Waals surface area (Å²) >= 11 is 11.8. The van der Waals surface area contributed by atoms with Crippen molar-refractivity contribution < 1.29 is 19.1 Å². The zero-order valence-electron chi connectivity index (χ0n) is 17.9. The second-order valence-electron chi connectivity index (χ2n) is 8.00. The highest BCUT2D eigenvalue weighted by molar-refractivity contribution is 6.42. The lowest BCUT2D eigenvalue weighted by Gasteiger charge is -2.17. The van der Waals surface area contributed by atoms with Gasteiger partial charge in [-0.25, -0.2) is 0 Å². The normalized spacial score (nSPS) is 15.7. The summed E-state index contributed by atoms with van der Waals surface area (Å²) in [6.45, 7) is 4.78. The smallest absolute Gasteiger partial charge is 0.262 e. The molecule has 7 nitrogen and oxygen atoms in total. The minimum absolute atomic E-state index is 0.0932. The first-order valence-electron chi connectivity index (χ1n) is 10.3. The zero-order chi connectivity index (χ0) is 23.3. The van der Waals surface area contributed by atoms with Gasteiger partial charge in [-0.3, -0.25) is 14.4 Å². The van der Waals surface area contributed by atoms with Crippen LogP contribution in [0.2, 0.25) is 10.0 Å². The van der Waals surface area contributed by atoms with Crippen molar-refractivity contribution in [1.29, 1.82) is 0 Å². The number of nitrogens with one attached hydrogen (secondary N) is 2. The SMILES string of the molecule is CC(C)CNC(=O)[C@@H]1CC(=O)N(c2ccc(OCC(=O)Nc3ccc(Cl)c(Cl)c3)cc2)C1. The predicted octanol–water partition coefficient (Wildman–Crippen LogP) is 4.14. The van der Waals surface area contributed by atoms with E-state index < -0.39 is 0 Å². The van der Waals surface area contributed by atoms with E-state index in [-0.39, 0.29) is 36.7 Å². The molecule has 2 aromatic rings. The fraction of sp³-hybridized carbons (Fsp3) is 0.348. The van der Waals surface area contributed by atoms with Crippen LogP contribution < -0.4 is 20.3 Å². The topological polar surface area (TPSA) is 87.7 Å². The fourth-order valence-electron chi connectivity index (χ4n) is 3.22. The van der Waals surface area contributed by atoms with Gasteiger partial charge < -0.3 is 20.3 Å². The Labute approximate surface area is 197 Å². The molecule has 170 valence electrons. The van der Waals surface area contributed by atoms with Crippen molar-refractivity contribution in [2.45, 2.75) is 20.3 Å². The molecule has 1 heterocycles. The molecule has 1 fully saturated rings. The van der Waals surface area contributed by atoms with Crippen molar-refractivity contribution in [3.8, 4) is 5.75 Å². The van der Waals surface area contributed by atoms with E-state index in [1.807, 2.05) is 13.8 Å². The number of hydrogen-bond donors (Lipinski definition) is 2. The molecule has 0 aromatic heterocycles. The highest BCUT2D eigenvalue weighted by Gasteiger charge is 2.35. The minimum atomic E-state index is -0.359. The molecule has 0 saturated carbocycles. The molecule has 3 amide bonds. The lowest BCUT2D eigenvalue weighted by molar-refractivity contribution is -0.126. The second-order valence-corrected chi connectivity index (χ2v) is 8.82. The predicted molar refractivity (Wildman–Crippen MR) is 125 cm³/mol. The summed E-state index contributed by atoms with van der Waals surface area (Å²) in [6.07, 6.45) is 0.192. The highest BCUT2D eigenvalue weighted by Crippen LogP contribution is 2.27. The average molecular weight is 478 g/mol. The number of amides is 3. The maximum absolute atomic E-state index is 12.4. The Morgan fingerprint density at radius 1 is 1.12 bits per heavy atom. The summed E-state index contributed by atoms with van der Waals surface area (Å²) in [5.74, 6) is -0.0618. The fourth-order valence-corrected chi connectivity index (χ4v) is 3.52. The van der Waals surface area contributed by atoms with Gasteiger partial charge in [0.15, 0.2) is 6.61 Å². The molecule has 1 atom stereocenters. The molecule has 0 bridgehead atoms. The van der Waals surface area contributed by atoms with Gasteiger partial charge in [0, 0.05) is 30.9 Å². The zero-order valence-corrected chi connectivity index (χ0v) is 19.4. The molecule has 3 rings (SSSR count). The van der Waals surface area contributed by atoms with E-state index in [0.29, 0.717) is 46.2 Å². The van der Waals surface area contributed by atoms with Gasteiger partial charge in [0.1, 0.15) is 5.75 Å². The summed E-state index contributed by atoms with van der Waals surface area (Å²) in [5, 5.41) is 6.31. The molecule has 1 aliphatic rings. The van der Waals surface area contributed by atoms with Gasteiger partial charge in [0.2, 0.25) is 11.8 Å².